The molecule has 7 rings (SSSR count). The van der Waals surface area contributed by atoms with Crippen LogP contribution >= 0.6 is 0 Å². The Balaban J connectivity index is 1.53. The molecule has 1 N–H and O–H groups in total. The van der Waals surface area contributed by atoms with E-state index in [-0.39, 0.29) is 16.6 Å². The van der Waals surface area contributed by atoms with Crippen LogP contribution in [0.1, 0.15) is 89.5 Å². The minimum Gasteiger partial charge on any atom is -0.507 e. The summed E-state index contributed by atoms with van der Waals surface area (Å²) in [6.45, 7) is 18.0. The number of hydrogen-bond donors (Lipinski definition) is 1. The summed E-state index contributed by atoms with van der Waals surface area (Å²) in [5, 5.41) is 13.4. The summed E-state index contributed by atoms with van der Waals surface area (Å²) in [6, 6.07) is 27.1. The Labute approximate surface area is 272 Å². The lowest BCUT2D eigenvalue weighted by atomic mass is 9.56. The first kappa shape index (κ1) is 29.9. The number of fused-ring (bicyclic) bond motifs is 4. The number of nitrogens with zero attached hydrogens (tertiary/aromatic N) is 4. The molecule has 0 radical (unpaired) electrons. The highest BCUT2D eigenvalue weighted by Gasteiger charge is 2.47. The van der Waals surface area contributed by atoms with E-state index < -0.39 is 0 Å². The molecule has 232 valence electrons. The Kier molecular flexibility index (Phi) is 6.93. The van der Waals surface area contributed by atoms with E-state index in [0.717, 1.165) is 61.8 Å². The topological polar surface area (TPSA) is 63.8 Å². The lowest BCUT2D eigenvalue weighted by Gasteiger charge is -2.47. The van der Waals surface area contributed by atoms with Gasteiger partial charge in [-0.15, -0.1) is 0 Å². The maximum Gasteiger partial charge on any atom is 0.164 e. The first-order chi connectivity index (χ1) is 21.9. The summed E-state index contributed by atoms with van der Waals surface area (Å²) in [5.74, 6) is 1.65. The van der Waals surface area contributed by atoms with E-state index in [1.54, 1.807) is 6.07 Å². The Hall–Kier alpha value is -4.77. The highest BCUT2D eigenvalue weighted by atomic mass is 16.3. The zero-order valence-electron chi connectivity index (χ0n) is 28.1. The third-order valence-corrected chi connectivity index (χ3v) is 10.5. The number of imidazole rings is 1. The van der Waals surface area contributed by atoms with E-state index in [4.69, 9.17) is 15.0 Å². The number of phenols is 1. The first-order valence-corrected chi connectivity index (χ1v) is 16.3. The van der Waals surface area contributed by atoms with Gasteiger partial charge in [0.2, 0.25) is 0 Å². The van der Waals surface area contributed by atoms with Gasteiger partial charge in [-0.2, -0.15) is 0 Å². The highest BCUT2D eigenvalue weighted by Crippen LogP contribution is 2.55. The lowest BCUT2D eigenvalue weighted by molar-refractivity contribution is 0.296. The smallest absolute Gasteiger partial charge is 0.164 e. The van der Waals surface area contributed by atoms with Crippen molar-refractivity contribution >= 4 is 10.8 Å². The molecule has 0 bridgehead atoms. The van der Waals surface area contributed by atoms with E-state index in [9.17, 15) is 5.11 Å². The molecular formula is C41H42N4O. The van der Waals surface area contributed by atoms with Crippen LogP contribution in [-0.4, -0.2) is 24.6 Å². The average molecular weight is 607 g/mol. The zero-order valence-corrected chi connectivity index (χ0v) is 28.1. The molecule has 0 fully saturated rings. The summed E-state index contributed by atoms with van der Waals surface area (Å²) >= 11 is 0. The number of hydrogen-bond acceptors (Lipinski definition) is 4. The van der Waals surface area contributed by atoms with Crippen LogP contribution < -0.4 is 0 Å². The lowest BCUT2D eigenvalue weighted by Crippen LogP contribution is -2.43. The average Bonchev–Trinajstić information content (AvgIpc) is 3.48. The molecule has 46 heavy (non-hydrogen) atoms. The predicted molar refractivity (Wildman–Crippen MR) is 189 cm³/mol. The van der Waals surface area contributed by atoms with Crippen molar-refractivity contribution in [2.45, 2.75) is 78.1 Å². The third-order valence-electron chi connectivity index (χ3n) is 10.5. The quantitative estimate of drug-likeness (QED) is 0.212. The van der Waals surface area contributed by atoms with Crippen molar-refractivity contribution in [3.05, 3.63) is 114 Å². The van der Waals surface area contributed by atoms with E-state index in [2.05, 4.69) is 127 Å². The minimum absolute atomic E-state index is 0.208. The van der Waals surface area contributed by atoms with Crippen molar-refractivity contribution in [1.29, 1.82) is 0 Å². The van der Waals surface area contributed by atoms with Gasteiger partial charge in [0.05, 0.1) is 17.1 Å². The van der Waals surface area contributed by atoms with Gasteiger partial charge < -0.3 is 5.11 Å². The SMILES string of the molecule is CC(C)c1cccc(C(C)C)c1-n1cc(-c2ccc3c(n2)-c2c(O)cccc2C(C)(C)C3(C)C)nc1-c1nccc2ccccc12. The van der Waals surface area contributed by atoms with Crippen molar-refractivity contribution in [2.24, 2.45) is 0 Å². The van der Waals surface area contributed by atoms with Crippen LogP contribution in [0.25, 0.3) is 50.6 Å². The van der Waals surface area contributed by atoms with Gasteiger partial charge >= 0.3 is 0 Å². The van der Waals surface area contributed by atoms with Crippen LogP contribution in [-0.2, 0) is 10.8 Å². The van der Waals surface area contributed by atoms with Crippen LogP contribution in [0.4, 0.5) is 0 Å². The maximum absolute atomic E-state index is 11.2. The molecule has 1 aliphatic carbocycles. The van der Waals surface area contributed by atoms with Gasteiger partial charge in [0, 0.05) is 28.8 Å². The molecule has 3 heterocycles. The van der Waals surface area contributed by atoms with Crippen LogP contribution in [0.15, 0.2) is 91.3 Å². The molecule has 3 aromatic carbocycles. The number of benzene rings is 3. The monoisotopic (exact) mass is 606 g/mol. The van der Waals surface area contributed by atoms with Crippen molar-refractivity contribution in [3.63, 3.8) is 0 Å². The first-order valence-electron chi connectivity index (χ1n) is 16.3. The van der Waals surface area contributed by atoms with Crippen molar-refractivity contribution in [2.75, 3.05) is 0 Å². The number of phenolic OH excluding ortho intramolecular Hbond substituents is 1. The number of rotatable bonds is 5. The summed E-state index contributed by atoms with van der Waals surface area (Å²) in [6.07, 6.45) is 4.00. The van der Waals surface area contributed by atoms with E-state index in [0.29, 0.717) is 11.8 Å². The van der Waals surface area contributed by atoms with Gasteiger partial charge in [0.1, 0.15) is 17.1 Å². The molecule has 3 aromatic heterocycles. The molecule has 0 atom stereocenters. The second-order valence-corrected chi connectivity index (χ2v) is 14.3. The standard InChI is InChI=1S/C41H42N4O/c1-24(2)27-15-11-16-28(25(3)4)38(27)45-23-33(44-39(45)36-29-14-10-9-13-26(29)21-22-42-36)32-20-19-31-37(43-32)35-30(17-12-18-34(35)46)40(5,6)41(31,7)8/h9-25,46H,1-8H3. The normalized spacial score (nSPS) is 14.9. The van der Waals surface area contributed by atoms with Crippen LogP contribution in [0, 0.1) is 0 Å². The maximum atomic E-state index is 11.2. The fraction of sp³-hybridized carbons (Fsp3) is 0.293. The molecule has 1 aliphatic rings. The molecule has 0 saturated heterocycles. The second-order valence-electron chi connectivity index (χ2n) is 14.3. The van der Waals surface area contributed by atoms with Crippen LogP contribution in [0.3, 0.4) is 0 Å². The second kappa shape index (κ2) is 10.7. The number of aromatic nitrogens is 4. The Morgan fingerprint density at radius 2 is 1.33 bits per heavy atom. The van der Waals surface area contributed by atoms with E-state index in [1.165, 1.54) is 11.1 Å². The predicted octanol–water partition coefficient (Wildman–Crippen LogP) is 10.3. The van der Waals surface area contributed by atoms with Gasteiger partial charge in [-0.05, 0) is 63.1 Å². The van der Waals surface area contributed by atoms with Gasteiger partial charge in [-0.1, -0.05) is 116 Å². The van der Waals surface area contributed by atoms with Crippen LogP contribution in [0.2, 0.25) is 0 Å². The Morgan fingerprint density at radius 3 is 2.04 bits per heavy atom. The summed E-state index contributed by atoms with van der Waals surface area (Å²) in [7, 11) is 0. The molecule has 5 heteroatoms. The number of pyridine rings is 2. The Bertz CT molecular complexity index is 2100. The van der Waals surface area contributed by atoms with Crippen molar-refractivity contribution < 1.29 is 5.11 Å². The van der Waals surface area contributed by atoms with Crippen molar-refractivity contribution in [1.82, 2.24) is 19.5 Å². The summed E-state index contributed by atoms with van der Waals surface area (Å²) < 4.78 is 2.24. The van der Waals surface area contributed by atoms with Gasteiger partial charge in [-0.25, -0.2) is 9.97 Å². The third kappa shape index (κ3) is 4.39. The molecule has 6 aromatic rings. The van der Waals surface area contributed by atoms with E-state index in [1.807, 2.05) is 18.3 Å². The van der Waals surface area contributed by atoms with E-state index >= 15 is 0 Å². The molecular weight excluding hydrogens is 564 g/mol. The van der Waals surface area contributed by atoms with Gasteiger partial charge in [-0.3, -0.25) is 9.55 Å². The summed E-state index contributed by atoms with van der Waals surface area (Å²) in [4.78, 5) is 15.6. The molecule has 0 spiro atoms. The molecule has 5 nitrogen and oxygen atoms in total. The fourth-order valence-corrected chi connectivity index (χ4v) is 7.21. The number of aromatic hydroxyl groups is 1. The Morgan fingerprint density at radius 1 is 0.652 bits per heavy atom. The highest BCUT2D eigenvalue weighted by molar-refractivity contribution is 5.93. The largest absolute Gasteiger partial charge is 0.507 e. The summed E-state index contributed by atoms with van der Waals surface area (Å²) in [5.41, 5.74) is 9.47. The van der Waals surface area contributed by atoms with Gasteiger partial charge in [0.25, 0.3) is 0 Å². The zero-order chi connectivity index (χ0) is 32.5. The number of para-hydroxylation sites is 1. The molecule has 0 amide bonds. The molecule has 0 saturated carbocycles. The van der Waals surface area contributed by atoms with Crippen molar-refractivity contribution in [3.8, 4) is 45.6 Å². The fourth-order valence-electron chi connectivity index (χ4n) is 7.21. The minimum atomic E-state index is -0.214. The van der Waals surface area contributed by atoms with Gasteiger partial charge in [0.15, 0.2) is 5.82 Å². The van der Waals surface area contributed by atoms with Crippen LogP contribution in [0.5, 0.6) is 5.75 Å². The molecule has 0 unspecified atom stereocenters. The molecule has 0 aliphatic heterocycles.